The molecule has 7 rings (SSSR count). The largest absolute Gasteiger partial charge is 0.495 e. The molecule has 4 heterocycles. The van der Waals surface area contributed by atoms with Crippen LogP contribution in [0.4, 0.5) is 34.6 Å². The number of anilines is 3. The minimum Gasteiger partial charge on any atom is -0.495 e. The Morgan fingerprint density at radius 3 is 2.39 bits per heavy atom. The fraction of sp³-hybridized carbons (Fsp3) is 0.426. The Balaban J connectivity index is 0.761. The first-order valence-corrected chi connectivity index (χ1v) is 26.5. The van der Waals surface area contributed by atoms with Crippen molar-refractivity contribution in [3.8, 4) is 40.3 Å². The van der Waals surface area contributed by atoms with Gasteiger partial charge in [0, 0.05) is 60.6 Å². The molecule has 3 aromatic carbocycles. The van der Waals surface area contributed by atoms with Crippen LogP contribution in [0.2, 0.25) is 0 Å². The van der Waals surface area contributed by atoms with Crippen LogP contribution in [0, 0.1) is 25.7 Å². The number of hydrogen-bond donors (Lipinski definition) is 4. The molecule has 0 radical (unpaired) electrons. The Hall–Kier alpha value is -7.10. The van der Waals surface area contributed by atoms with Gasteiger partial charge in [-0.15, -0.1) is 0 Å². The second-order valence-corrected chi connectivity index (χ2v) is 20.2. The highest BCUT2D eigenvalue weighted by Gasteiger charge is 2.31. The summed E-state index contributed by atoms with van der Waals surface area (Å²) in [5, 5.41) is 16.9. The van der Waals surface area contributed by atoms with Gasteiger partial charge in [-0.2, -0.15) is 13.2 Å². The molecule has 4 N–H and O–H groups in total. The molecule has 414 valence electrons. The zero-order valence-corrected chi connectivity index (χ0v) is 44.4. The van der Waals surface area contributed by atoms with E-state index >= 15 is 0 Å². The Morgan fingerprint density at radius 1 is 0.896 bits per heavy atom. The van der Waals surface area contributed by atoms with Crippen molar-refractivity contribution in [2.45, 2.75) is 56.6 Å². The lowest BCUT2D eigenvalue weighted by molar-refractivity contribution is -0.140. The van der Waals surface area contributed by atoms with E-state index in [0.29, 0.717) is 64.9 Å². The Kier molecular flexibility index (Phi) is 20.4. The average molecular weight is 1090 g/mol. The van der Waals surface area contributed by atoms with Crippen LogP contribution >= 0.6 is 0 Å². The minimum absolute atomic E-state index is 0.00575. The van der Waals surface area contributed by atoms with Crippen LogP contribution in [0.3, 0.4) is 0 Å². The molecule has 23 heteroatoms. The third-order valence-electron chi connectivity index (χ3n) is 12.4. The summed E-state index contributed by atoms with van der Waals surface area (Å²) in [6.45, 7) is 4.95. The number of pyridine rings is 1. The van der Waals surface area contributed by atoms with Crippen molar-refractivity contribution in [2.75, 3.05) is 115 Å². The van der Waals surface area contributed by atoms with Crippen LogP contribution in [-0.2, 0) is 41.9 Å². The van der Waals surface area contributed by atoms with Gasteiger partial charge in [0.15, 0.2) is 16.4 Å². The lowest BCUT2D eigenvalue weighted by Crippen LogP contribution is -2.46. The van der Waals surface area contributed by atoms with Gasteiger partial charge >= 0.3 is 6.18 Å². The number of carbonyl (C=O) groups is 1. The third-order valence-corrected chi connectivity index (χ3v) is 14.1. The Labute approximate surface area is 445 Å². The summed E-state index contributed by atoms with van der Waals surface area (Å²) in [6.07, 6.45) is -3.42. The molecule has 1 amide bonds. The van der Waals surface area contributed by atoms with E-state index in [2.05, 4.69) is 43.2 Å². The summed E-state index contributed by atoms with van der Waals surface area (Å²) >= 11 is 0. The molecule has 0 spiro atoms. The average Bonchev–Trinajstić information content (AvgIpc) is 3.99. The number of aromatic nitrogens is 3. The maximum atomic E-state index is 14.9. The first-order chi connectivity index (χ1) is 37.0. The van der Waals surface area contributed by atoms with E-state index in [1.54, 1.807) is 43.6 Å². The van der Waals surface area contributed by atoms with Gasteiger partial charge in [0.1, 0.15) is 30.0 Å². The molecular formula is C54H64F4N8O10S. The van der Waals surface area contributed by atoms with Gasteiger partial charge in [0.05, 0.1) is 105 Å². The van der Waals surface area contributed by atoms with Gasteiger partial charge in [-0.1, -0.05) is 29.3 Å². The number of methoxy groups -OCH3 is 2. The number of amides is 1. The molecule has 77 heavy (non-hydrogen) atoms. The SMILES string of the molecule is COc1cc(S(=O)(=O)CCOCCOCCOCCNC(=O)COc2cccc(CNc3cc(-c4c(C)noc4C)cnc3OC)c2)ccc1NCC#Cc1cc2c(N[C@@H]3CCN(C)C[C@@H]3F)cccc2n1CC(F)(F)F. The number of benzene rings is 3. The fourth-order valence-corrected chi connectivity index (χ4v) is 9.71. The van der Waals surface area contributed by atoms with E-state index in [1.807, 2.05) is 50.1 Å². The number of fused-ring (bicyclic) bond motifs is 1. The minimum atomic E-state index is -4.53. The van der Waals surface area contributed by atoms with Crippen LogP contribution < -0.4 is 35.5 Å². The highest BCUT2D eigenvalue weighted by atomic mass is 32.2. The smallest absolute Gasteiger partial charge is 0.406 e. The maximum absolute atomic E-state index is 14.9. The molecule has 0 bridgehead atoms. The summed E-state index contributed by atoms with van der Waals surface area (Å²) in [4.78, 5) is 18.8. The summed E-state index contributed by atoms with van der Waals surface area (Å²) < 4.78 is 122. The van der Waals surface area contributed by atoms with Gasteiger partial charge in [0.25, 0.3) is 5.91 Å². The van der Waals surface area contributed by atoms with Crippen LogP contribution in [-0.4, -0.2) is 152 Å². The molecule has 1 fully saturated rings. The first-order valence-electron chi connectivity index (χ1n) is 24.9. The Morgan fingerprint density at radius 2 is 1.66 bits per heavy atom. The number of halogens is 4. The molecule has 1 aliphatic heterocycles. The van der Waals surface area contributed by atoms with Crippen LogP contribution in [0.1, 0.15) is 29.1 Å². The molecular weight excluding hydrogens is 1030 g/mol. The number of alkyl halides is 4. The standard InChI is InChI=1S/C54H64F4N8O10S/c1-36-52(37(2)76-64-36)39-28-48(53(71-5)62-32-39)61-31-38-9-6-11-41(27-38)75-34-51(67)60-18-20-72-21-22-73-23-24-74-25-26-77(68,69)42-14-15-47(50(30-42)70-4)59-17-8-10-40-29-43-45(63-46-16-19-65(3)33-44(46)55)12-7-13-49(43)66(40)35-54(56,57)58/h6-7,9,11-15,27-30,32,44,46,59,61,63H,16-26,31,33-35H2,1-5H3,(H,60,67)/t44-,46+/m0/s1. The molecule has 0 unspecified atom stereocenters. The van der Waals surface area contributed by atoms with Gasteiger partial charge in [0.2, 0.25) is 5.88 Å². The topological polar surface area (TPSA) is 202 Å². The molecule has 0 aliphatic carbocycles. The highest BCUT2D eigenvalue weighted by molar-refractivity contribution is 7.91. The summed E-state index contributed by atoms with van der Waals surface area (Å²) in [5.41, 5.74) is 5.47. The van der Waals surface area contributed by atoms with Crippen molar-refractivity contribution in [3.05, 3.63) is 102 Å². The number of sulfone groups is 1. The number of rotatable bonds is 27. The zero-order chi connectivity index (χ0) is 55.0. The molecule has 1 saturated heterocycles. The molecule has 2 atom stereocenters. The van der Waals surface area contributed by atoms with Gasteiger partial charge in [-0.3, -0.25) is 4.79 Å². The number of ether oxygens (including phenoxy) is 6. The van der Waals surface area contributed by atoms with Crippen molar-refractivity contribution in [1.29, 1.82) is 0 Å². The number of hydrogen-bond acceptors (Lipinski definition) is 16. The van der Waals surface area contributed by atoms with Crippen molar-refractivity contribution >= 4 is 43.7 Å². The van der Waals surface area contributed by atoms with Crippen LogP contribution in [0.15, 0.2) is 88.4 Å². The molecule has 1 aliphatic rings. The predicted molar refractivity (Wildman–Crippen MR) is 283 cm³/mol. The second kappa shape index (κ2) is 27.3. The lowest BCUT2D eigenvalue weighted by atomic mass is 10.0. The fourth-order valence-electron chi connectivity index (χ4n) is 8.57. The Bertz CT molecular complexity index is 3090. The number of likely N-dealkylation sites (tertiary alicyclic amines) is 1. The first kappa shape index (κ1) is 57.6. The van der Waals surface area contributed by atoms with Crippen molar-refractivity contribution in [3.63, 3.8) is 0 Å². The molecule has 18 nitrogen and oxygen atoms in total. The van der Waals surface area contributed by atoms with Gasteiger partial charge < -0.3 is 63.7 Å². The monoisotopic (exact) mass is 1090 g/mol. The van der Waals surface area contributed by atoms with Crippen molar-refractivity contribution < 1.29 is 63.7 Å². The van der Waals surface area contributed by atoms with E-state index in [-0.39, 0.29) is 93.9 Å². The van der Waals surface area contributed by atoms with Crippen LogP contribution in [0.25, 0.3) is 22.0 Å². The van der Waals surface area contributed by atoms with E-state index in [4.69, 9.17) is 32.9 Å². The highest BCUT2D eigenvalue weighted by Crippen LogP contribution is 2.34. The number of aryl methyl sites for hydroxylation is 2. The number of nitrogens with one attached hydrogen (secondary N) is 4. The summed E-state index contributed by atoms with van der Waals surface area (Å²) in [7, 11) is 1.00. The lowest BCUT2D eigenvalue weighted by Gasteiger charge is -2.33. The van der Waals surface area contributed by atoms with E-state index < -0.39 is 34.8 Å². The molecule has 3 aromatic heterocycles. The third kappa shape index (κ3) is 16.5. The van der Waals surface area contributed by atoms with Gasteiger partial charge in [-0.25, -0.2) is 17.8 Å². The quantitative estimate of drug-likeness (QED) is 0.0225. The summed E-state index contributed by atoms with van der Waals surface area (Å²) in [5.74, 6) is 6.98. The number of piperidine rings is 1. The predicted octanol–water partition coefficient (Wildman–Crippen LogP) is 7.44. The summed E-state index contributed by atoms with van der Waals surface area (Å²) in [6, 6.07) is 19.6. The maximum Gasteiger partial charge on any atom is 0.406 e. The number of carbonyl (C=O) groups excluding carboxylic acids is 1. The van der Waals surface area contributed by atoms with Crippen LogP contribution in [0.5, 0.6) is 17.4 Å². The van der Waals surface area contributed by atoms with Crippen molar-refractivity contribution in [2.24, 2.45) is 0 Å². The zero-order valence-electron chi connectivity index (χ0n) is 43.6. The normalized spacial score (nSPS) is 14.9. The van der Waals surface area contributed by atoms with Crippen molar-refractivity contribution in [1.82, 2.24) is 24.9 Å². The van der Waals surface area contributed by atoms with Gasteiger partial charge in [-0.05, 0) is 87.3 Å². The molecule has 0 saturated carbocycles. The number of nitrogens with zero attached hydrogens (tertiary/aromatic N) is 4. The van der Waals surface area contributed by atoms with E-state index in [9.17, 15) is 30.8 Å². The van der Waals surface area contributed by atoms with E-state index in [0.717, 1.165) is 27.0 Å². The molecule has 6 aromatic rings. The second-order valence-electron chi connectivity index (χ2n) is 18.1. The van der Waals surface area contributed by atoms with E-state index in [1.165, 1.54) is 25.3 Å².